The summed E-state index contributed by atoms with van der Waals surface area (Å²) in [6, 6.07) is 5.51. The minimum absolute atomic E-state index is 0.203. The number of amides is 1. The molecule has 2 fully saturated rings. The molecule has 0 saturated carbocycles. The lowest BCUT2D eigenvalue weighted by molar-refractivity contribution is -0.123. The minimum atomic E-state index is 0.203. The molecule has 0 radical (unpaired) electrons. The third-order valence-electron chi connectivity index (χ3n) is 6.58. The summed E-state index contributed by atoms with van der Waals surface area (Å²) >= 11 is 0. The molecule has 0 bridgehead atoms. The maximum atomic E-state index is 12.4. The molecule has 1 aromatic rings. The van der Waals surface area contributed by atoms with Crippen molar-refractivity contribution in [2.75, 3.05) is 46.4 Å². The number of phenolic OH excluding ortho intramolecular Hbond substituents is 1. The second-order valence-electron chi connectivity index (χ2n) is 8.55. The van der Waals surface area contributed by atoms with Gasteiger partial charge in [0.15, 0.2) is 0 Å². The Labute approximate surface area is 175 Å². The van der Waals surface area contributed by atoms with Gasteiger partial charge in [0.05, 0.1) is 7.11 Å². The van der Waals surface area contributed by atoms with E-state index in [1.807, 2.05) is 12.1 Å². The summed E-state index contributed by atoms with van der Waals surface area (Å²) in [4.78, 5) is 17.3. The van der Waals surface area contributed by atoms with E-state index < -0.39 is 0 Å². The standard InChI is InChI=1S/C23H37N3O3/c1-3-18-16-26(17-20-6-7-21(29-2)15-22(20)27)12-8-19(18)14-23(28)24-9-13-25-10-4-5-11-25/h6-7,15,18-19,27H,3-5,8-14,16-17H2,1-2H3,(H,24,28)/t18-,19-/m0/s1. The highest BCUT2D eigenvalue weighted by atomic mass is 16.5. The molecular weight excluding hydrogens is 366 g/mol. The van der Waals surface area contributed by atoms with Crippen LogP contribution in [0.5, 0.6) is 11.5 Å². The van der Waals surface area contributed by atoms with Crippen molar-refractivity contribution < 1.29 is 14.6 Å². The number of hydrogen-bond donors (Lipinski definition) is 2. The Morgan fingerprint density at radius 2 is 2.00 bits per heavy atom. The number of carbonyl (C=O) groups is 1. The highest BCUT2D eigenvalue weighted by Crippen LogP contribution is 2.31. The molecule has 29 heavy (non-hydrogen) atoms. The van der Waals surface area contributed by atoms with E-state index in [0.717, 1.165) is 51.1 Å². The Kier molecular flexibility index (Phi) is 8.19. The summed E-state index contributed by atoms with van der Waals surface area (Å²) in [5, 5.41) is 13.4. The van der Waals surface area contributed by atoms with Crippen molar-refractivity contribution >= 4 is 5.91 Å². The van der Waals surface area contributed by atoms with Crippen LogP contribution in [0.15, 0.2) is 18.2 Å². The molecule has 162 valence electrons. The number of carbonyl (C=O) groups excluding carboxylic acids is 1. The Bertz CT molecular complexity index is 661. The van der Waals surface area contributed by atoms with Crippen LogP contribution in [0.1, 0.15) is 44.6 Å². The van der Waals surface area contributed by atoms with Crippen molar-refractivity contribution in [3.63, 3.8) is 0 Å². The molecule has 1 amide bonds. The summed E-state index contributed by atoms with van der Waals surface area (Å²) in [5.41, 5.74) is 0.929. The van der Waals surface area contributed by atoms with Crippen molar-refractivity contribution in [3.05, 3.63) is 23.8 Å². The maximum Gasteiger partial charge on any atom is 0.220 e. The summed E-state index contributed by atoms with van der Waals surface area (Å²) in [5.74, 6) is 2.14. The van der Waals surface area contributed by atoms with E-state index >= 15 is 0 Å². The lowest BCUT2D eigenvalue weighted by atomic mass is 9.81. The molecule has 6 heteroatoms. The number of hydrogen-bond acceptors (Lipinski definition) is 5. The smallest absolute Gasteiger partial charge is 0.220 e. The van der Waals surface area contributed by atoms with Crippen LogP contribution in [0.3, 0.4) is 0 Å². The highest BCUT2D eigenvalue weighted by molar-refractivity contribution is 5.76. The van der Waals surface area contributed by atoms with E-state index in [1.165, 1.54) is 25.9 Å². The molecule has 2 heterocycles. The van der Waals surface area contributed by atoms with Crippen molar-refractivity contribution in [1.29, 1.82) is 0 Å². The molecule has 0 spiro atoms. The maximum absolute atomic E-state index is 12.4. The second-order valence-corrected chi connectivity index (χ2v) is 8.55. The minimum Gasteiger partial charge on any atom is -0.507 e. The van der Waals surface area contributed by atoms with Gasteiger partial charge >= 0.3 is 0 Å². The molecule has 0 aromatic heterocycles. The quantitative estimate of drug-likeness (QED) is 0.664. The van der Waals surface area contributed by atoms with Gasteiger partial charge in [-0.3, -0.25) is 9.69 Å². The normalized spacial score (nSPS) is 23.2. The molecule has 3 rings (SSSR count). The van der Waals surface area contributed by atoms with Gasteiger partial charge in [0, 0.05) is 44.2 Å². The number of phenols is 1. The van der Waals surface area contributed by atoms with Crippen LogP contribution in [0.25, 0.3) is 0 Å². The fraction of sp³-hybridized carbons (Fsp3) is 0.696. The fourth-order valence-electron chi connectivity index (χ4n) is 4.75. The Morgan fingerprint density at radius 1 is 1.21 bits per heavy atom. The lowest BCUT2D eigenvalue weighted by Gasteiger charge is -2.38. The van der Waals surface area contributed by atoms with E-state index in [-0.39, 0.29) is 11.7 Å². The Morgan fingerprint density at radius 3 is 2.69 bits per heavy atom. The van der Waals surface area contributed by atoms with Crippen molar-refractivity contribution in [2.24, 2.45) is 11.8 Å². The van der Waals surface area contributed by atoms with Crippen molar-refractivity contribution in [3.8, 4) is 11.5 Å². The number of methoxy groups -OCH3 is 1. The van der Waals surface area contributed by atoms with Gasteiger partial charge in [0.1, 0.15) is 11.5 Å². The molecular formula is C23H37N3O3. The molecule has 2 saturated heterocycles. The van der Waals surface area contributed by atoms with Crippen molar-refractivity contribution in [2.45, 2.75) is 45.6 Å². The van der Waals surface area contributed by atoms with Gasteiger partial charge in [-0.15, -0.1) is 0 Å². The van der Waals surface area contributed by atoms with Crippen LogP contribution in [0.2, 0.25) is 0 Å². The molecule has 2 aliphatic rings. The van der Waals surface area contributed by atoms with Gasteiger partial charge in [0.25, 0.3) is 0 Å². The number of ether oxygens (including phenoxy) is 1. The predicted octanol–water partition coefficient (Wildman–Crippen LogP) is 2.85. The SMILES string of the molecule is CC[C@H]1CN(Cc2ccc(OC)cc2O)CC[C@H]1CC(=O)NCCN1CCCC1. The first-order valence-corrected chi connectivity index (χ1v) is 11.2. The molecule has 0 unspecified atom stereocenters. The summed E-state index contributed by atoms with van der Waals surface area (Å²) in [6.07, 6.45) is 5.34. The summed E-state index contributed by atoms with van der Waals surface area (Å²) in [6.45, 7) is 9.00. The van der Waals surface area contributed by atoms with Gasteiger partial charge in [-0.05, 0) is 56.8 Å². The van der Waals surface area contributed by atoms with Crippen LogP contribution < -0.4 is 10.1 Å². The van der Waals surface area contributed by atoms with Crippen molar-refractivity contribution in [1.82, 2.24) is 15.1 Å². The molecule has 6 nitrogen and oxygen atoms in total. The van der Waals surface area contributed by atoms with Gasteiger partial charge in [0.2, 0.25) is 5.91 Å². The number of aromatic hydroxyl groups is 1. The zero-order valence-electron chi connectivity index (χ0n) is 18.0. The van der Waals surface area contributed by atoms with Gasteiger partial charge in [-0.25, -0.2) is 0 Å². The van der Waals surface area contributed by atoms with Crippen LogP contribution in [-0.2, 0) is 11.3 Å². The predicted molar refractivity (Wildman–Crippen MR) is 115 cm³/mol. The molecule has 2 aliphatic heterocycles. The molecule has 2 N–H and O–H groups in total. The fourth-order valence-corrected chi connectivity index (χ4v) is 4.75. The zero-order chi connectivity index (χ0) is 20.6. The van der Waals surface area contributed by atoms with E-state index in [2.05, 4.69) is 22.0 Å². The van der Waals surface area contributed by atoms with Crippen LogP contribution in [0.4, 0.5) is 0 Å². The first kappa shape index (κ1) is 21.9. The zero-order valence-corrected chi connectivity index (χ0v) is 18.0. The Balaban J connectivity index is 1.44. The third-order valence-corrected chi connectivity index (χ3v) is 6.58. The van der Waals surface area contributed by atoms with E-state index in [9.17, 15) is 9.90 Å². The second kappa shape index (κ2) is 10.8. The van der Waals surface area contributed by atoms with Crippen LogP contribution >= 0.6 is 0 Å². The molecule has 2 atom stereocenters. The largest absolute Gasteiger partial charge is 0.507 e. The first-order chi connectivity index (χ1) is 14.1. The van der Waals surface area contributed by atoms with Gasteiger partial charge < -0.3 is 20.1 Å². The number of rotatable bonds is 9. The van der Waals surface area contributed by atoms with E-state index in [4.69, 9.17) is 4.74 Å². The van der Waals surface area contributed by atoms with Crippen LogP contribution in [-0.4, -0.2) is 67.2 Å². The van der Waals surface area contributed by atoms with E-state index in [1.54, 1.807) is 13.2 Å². The number of nitrogens with zero attached hydrogens (tertiary/aromatic N) is 2. The lowest BCUT2D eigenvalue weighted by Crippen LogP contribution is -2.42. The highest BCUT2D eigenvalue weighted by Gasteiger charge is 2.30. The topological polar surface area (TPSA) is 65.0 Å². The third kappa shape index (κ3) is 6.34. The van der Waals surface area contributed by atoms with Crippen LogP contribution in [0, 0.1) is 11.8 Å². The molecule has 1 aromatic carbocycles. The first-order valence-electron chi connectivity index (χ1n) is 11.2. The summed E-state index contributed by atoms with van der Waals surface area (Å²) < 4.78 is 5.17. The number of benzene rings is 1. The Hall–Kier alpha value is -1.79. The number of likely N-dealkylation sites (tertiary alicyclic amines) is 2. The van der Waals surface area contributed by atoms with E-state index in [0.29, 0.717) is 24.0 Å². The number of nitrogens with one attached hydrogen (secondary N) is 1. The molecule has 0 aliphatic carbocycles. The van der Waals surface area contributed by atoms with Gasteiger partial charge in [-0.2, -0.15) is 0 Å². The average Bonchev–Trinajstić information content (AvgIpc) is 3.24. The number of piperidine rings is 1. The van der Waals surface area contributed by atoms with Gasteiger partial charge in [-0.1, -0.05) is 19.4 Å². The monoisotopic (exact) mass is 403 g/mol. The summed E-state index contributed by atoms with van der Waals surface area (Å²) in [7, 11) is 1.60. The average molecular weight is 404 g/mol.